The summed E-state index contributed by atoms with van der Waals surface area (Å²) in [6, 6.07) is 23.0. The maximum atomic E-state index is 6.04. The molecule has 3 aromatic rings. The lowest BCUT2D eigenvalue weighted by molar-refractivity contribution is 0.0343. The van der Waals surface area contributed by atoms with Crippen molar-refractivity contribution >= 4 is 12.6 Å². The Morgan fingerprint density at radius 3 is 2.17 bits per heavy atom. The van der Waals surface area contributed by atoms with Crippen molar-refractivity contribution in [2.75, 3.05) is 13.2 Å². The highest BCUT2D eigenvalue weighted by atomic mass is 16.6. The van der Waals surface area contributed by atoms with Gasteiger partial charge in [0.1, 0.15) is 12.4 Å². The van der Waals surface area contributed by atoms with Crippen molar-refractivity contribution in [3.8, 4) is 16.9 Å². The second kappa shape index (κ2) is 8.67. The second-order valence-corrected chi connectivity index (χ2v) is 8.94. The smallest absolute Gasteiger partial charge is 0.489 e. The zero-order valence-corrected chi connectivity index (χ0v) is 18.3. The van der Waals surface area contributed by atoms with Gasteiger partial charge in [-0.1, -0.05) is 62.4 Å². The molecule has 0 atom stereocenters. The zero-order valence-electron chi connectivity index (χ0n) is 18.3. The predicted molar refractivity (Wildman–Crippen MR) is 123 cm³/mol. The fourth-order valence-corrected chi connectivity index (χ4v) is 3.86. The normalized spacial score (nSPS) is 15.8. The van der Waals surface area contributed by atoms with Crippen molar-refractivity contribution in [2.24, 2.45) is 5.41 Å². The molecule has 154 valence electrons. The Kier molecular flexibility index (Phi) is 5.98. The van der Waals surface area contributed by atoms with E-state index in [1.807, 2.05) is 24.3 Å². The van der Waals surface area contributed by atoms with Crippen LogP contribution in [0.3, 0.4) is 0 Å². The summed E-state index contributed by atoms with van der Waals surface area (Å²) >= 11 is 0. The van der Waals surface area contributed by atoms with Gasteiger partial charge in [0.25, 0.3) is 0 Å². The highest BCUT2D eigenvalue weighted by Crippen LogP contribution is 2.28. The Morgan fingerprint density at radius 1 is 0.867 bits per heavy atom. The van der Waals surface area contributed by atoms with E-state index < -0.39 is 0 Å². The maximum Gasteiger partial charge on any atom is 0.493 e. The van der Waals surface area contributed by atoms with Crippen LogP contribution in [0.2, 0.25) is 0 Å². The molecule has 1 aliphatic rings. The van der Waals surface area contributed by atoms with Crippen LogP contribution in [0.1, 0.15) is 30.5 Å². The summed E-state index contributed by atoms with van der Waals surface area (Å²) in [4.78, 5) is 0. The first-order valence-corrected chi connectivity index (χ1v) is 10.5. The Bertz CT molecular complexity index is 981. The molecule has 3 nitrogen and oxygen atoms in total. The molecule has 4 heteroatoms. The van der Waals surface area contributed by atoms with Crippen LogP contribution in [0.15, 0.2) is 66.7 Å². The minimum atomic E-state index is -0.291. The summed E-state index contributed by atoms with van der Waals surface area (Å²) in [7, 11) is -0.291. The number of rotatable bonds is 5. The summed E-state index contributed by atoms with van der Waals surface area (Å²) in [6.07, 6.45) is 0. The molecule has 1 aliphatic heterocycles. The van der Waals surface area contributed by atoms with Gasteiger partial charge in [0.2, 0.25) is 0 Å². The van der Waals surface area contributed by atoms with Gasteiger partial charge in [-0.05, 0) is 65.3 Å². The highest BCUT2D eigenvalue weighted by Gasteiger charge is 2.33. The molecule has 1 saturated heterocycles. The fourth-order valence-electron chi connectivity index (χ4n) is 3.86. The van der Waals surface area contributed by atoms with Crippen molar-refractivity contribution in [3.63, 3.8) is 0 Å². The van der Waals surface area contributed by atoms with Crippen molar-refractivity contribution in [2.45, 2.75) is 34.3 Å². The van der Waals surface area contributed by atoms with Crippen molar-refractivity contribution in [1.29, 1.82) is 0 Å². The molecule has 0 amide bonds. The molecule has 0 unspecified atom stereocenters. The molecule has 0 N–H and O–H groups in total. The molecule has 3 aromatic carbocycles. The van der Waals surface area contributed by atoms with Crippen LogP contribution >= 0.6 is 0 Å². The predicted octanol–water partition coefficient (Wildman–Crippen LogP) is 5.32. The molecular formula is C26H29BO3. The first-order valence-electron chi connectivity index (χ1n) is 10.5. The number of hydrogen-bond acceptors (Lipinski definition) is 3. The van der Waals surface area contributed by atoms with Crippen LogP contribution in [0.5, 0.6) is 5.75 Å². The largest absolute Gasteiger partial charge is 0.493 e. The Balaban J connectivity index is 1.41. The van der Waals surface area contributed by atoms with E-state index in [-0.39, 0.29) is 12.5 Å². The minimum absolute atomic E-state index is 0.0743. The monoisotopic (exact) mass is 400 g/mol. The lowest BCUT2D eigenvalue weighted by Gasteiger charge is -2.33. The third-order valence-corrected chi connectivity index (χ3v) is 5.51. The van der Waals surface area contributed by atoms with Gasteiger partial charge >= 0.3 is 7.12 Å². The highest BCUT2D eigenvalue weighted by molar-refractivity contribution is 6.61. The van der Waals surface area contributed by atoms with E-state index in [4.69, 9.17) is 14.0 Å². The molecule has 0 radical (unpaired) electrons. The van der Waals surface area contributed by atoms with Crippen LogP contribution < -0.4 is 10.2 Å². The molecule has 0 aliphatic carbocycles. The average Bonchev–Trinajstić information content (AvgIpc) is 2.73. The SMILES string of the molecule is Cc1cccc(C)c1-c1cccc(COc2ccc(B3OCC(C)(C)CO3)cc2)c1. The molecule has 0 saturated carbocycles. The van der Waals surface area contributed by atoms with Gasteiger partial charge in [-0.2, -0.15) is 0 Å². The molecule has 1 heterocycles. The number of benzene rings is 3. The summed E-state index contributed by atoms with van der Waals surface area (Å²) in [6.45, 7) is 10.6. The Hall–Kier alpha value is -2.56. The van der Waals surface area contributed by atoms with E-state index >= 15 is 0 Å². The fraction of sp³-hybridized carbons (Fsp3) is 0.308. The van der Waals surface area contributed by atoms with E-state index in [1.165, 1.54) is 22.3 Å². The second-order valence-electron chi connectivity index (χ2n) is 8.94. The third kappa shape index (κ3) is 4.77. The van der Waals surface area contributed by atoms with Crippen molar-refractivity contribution in [3.05, 3.63) is 83.4 Å². The maximum absolute atomic E-state index is 6.04. The average molecular weight is 400 g/mol. The molecule has 0 aromatic heterocycles. The first-order chi connectivity index (χ1) is 14.4. The summed E-state index contributed by atoms with van der Waals surface area (Å²) < 4.78 is 17.8. The zero-order chi connectivity index (χ0) is 21.1. The first kappa shape index (κ1) is 20.7. The summed E-state index contributed by atoms with van der Waals surface area (Å²) in [5, 5.41) is 0. The topological polar surface area (TPSA) is 27.7 Å². The van der Waals surface area contributed by atoms with Gasteiger partial charge in [-0.3, -0.25) is 0 Å². The molecule has 30 heavy (non-hydrogen) atoms. The van der Waals surface area contributed by atoms with E-state index in [0.717, 1.165) is 16.8 Å². The van der Waals surface area contributed by atoms with Gasteiger partial charge in [-0.15, -0.1) is 0 Å². The quantitative estimate of drug-likeness (QED) is 0.543. The standard InChI is InChI=1S/C26H29BO3/c1-19-7-5-8-20(2)25(19)22-10-6-9-21(15-22)16-28-24-13-11-23(12-14-24)27-29-17-26(3,4)18-30-27/h5-15H,16-18H2,1-4H3. The van der Waals surface area contributed by atoms with Crippen LogP contribution in [-0.2, 0) is 15.9 Å². The molecule has 4 rings (SSSR count). The number of aryl methyl sites for hydroxylation is 2. The van der Waals surface area contributed by atoms with E-state index in [0.29, 0.717) is 19.8 Å². The van der Waals surface area contributed by atoms with Crippen molar-refractivity contribution < 1.29 is 14.0 Å². The minimum Gasteiger partial charge on any atom is -0.489 e. The Morgan fingerprint density at radius 2 is 1.50 bits per heavy atom. The van der Waals surface area contributed by atoms with Crippen molar-refractivity contribution in [1.82, 2.24) is 0 Å². The molecule has 1 fully saturated rings. The number of ether oxygens (including phenoxy) is 1. The molecule has 0 bridgehead atoms. The van der Waals surface area contributed by atoms with Crippen LogP contribution in [0.4, 0.5) is 0 Å². The summed E-state index contributed by atoms with van der Waals surface area (Å²) in [5.74, 6) is 0.840. The van der Waals surface area contributed by atoms with Gasteiger partial charge < -0.3 is 14.0 Å². The van der Waals surface area contributed by atoms with Gasteiger partial charge in [0.15, 0.2) is 0 Å². The van der Waals surface area contributed by atoms with Crippen LogP contribution in [0.25, 0.3) is 11.1 Å². The molecule has 0 spiro atoms. The van der Waals surface area contributed by atoms with E-state index in [2.05, 4.69) is 70.2 Å². The van der Waals surface area contributed by atoms with E-state index in [9.17, 15) is 0 Å². The Labute approximate surface area is 180 Å². The van der Waals surface area contributed by atoms with Crippen LogP contribution in [-0.4, -0.2) is 20.3 Å². The van der Waals surface area contributed by atoms with E-state index in [1.54, 1.807) is 0 Å². The number of hydrogen-bond donors (Lipinski definition) is 0. The van der Waals surface area contributed by atoms with Crippen LogP contribution in [0, 0.1) is 19.3 Å². The van der Waals surface area contributed by atoms with Gasteiger partial charge in [-0.25, -0.2) is 0 Å². The summed E-state index contributed by atoms with van der Waals surface area (Å²) in [5.41, 5.74) is 7.37. The lowest BCUT2D eigenvalue weighted by atomic mass is 9.76. The third-order valence-electron chi connectivity index (χ3n) is 5.51. The van der Waals surface area contributed by atoms with Gasteiger partial charge in [0.05, 0.1) is 0 Å². The van der Waals surface area contributed by atoms with Gasteiger partial charge in [0, 0.05) is 18.6 Å². The lowest BCUT2D eigenvalue weighted by Crippen LogP contribution is -2.47. The molecular weight excluding hydrogens is 371 g/mol.